The van der Waals surface area contributed by atoms with Crippen molar-refractivity contribution in [2.45, 2.75) is 79.7 Å². The van der Waals surface area contributed by atoms with Crippen LogP contribution in [0.1, 0.15) is 57.1 Å². The predicted molar refractivity (Wildman–Crippen MR) is 150 cm³/mol. The SMILES string of the molecule is CC1CCC(C)(C(=O)N2CCC3(S(=O)(=O)c4ccc(F)cc4)c4ccc(C(F)(C(F)(F)F)C(F)(F)F)cc4NCC23)CC1.O=CO. The number of amides is 1. The first-order valence-electron chi connectivity index (χ1n) is 14.3. The number of alkyl halides is 7. The summed E-state index contributed by atoms with van der Waals surface area (Å²) in [6.45, 7) is 3.23. The fourth-order valence-corrected chi connectivity index (χ4v) is 9.21. The predicted octanol–water partition coefficient (Wildman–Crippen LogP) is 6.73. The Labute approximate surface area is 259 Å². The second-order valence-corrected chi connectivity index (χ2v) is 14.5. The number of halogens is 8. The third-order valence-electron chi connectivity index (χ3n) is 9.54. The van der Waals surface area contributed by atoms with Gasteiger partial charge < -0.3 is 15.3 Å². The average Bonchev–Trinajstić information content (AvgIpc) is 3.39. The average molecular weight is 685 g/mol. The summed E-state index contributed by atoms with van der Waals surface area (Å²) in [4.78, 5) is 23.5. The molecule has 0 spiro atoms. The van der Waals surface area contributed by atoms with Gasteiger partial charge in [0.05, 0.1) is 10.9 Å². The molecule has 2 fully saturated rings. The molecule has 254 valence electrons. The van der Waals surface area contributed by atoms with Crippen LogP contribution in [0.3, 0.4) is 0 Å². The van der Waals surface area contributed by atoms with Crippen LogP contribution in [-0.4, -0.2) is 62.3 Å². The van der Waals surface area contributed by atoms with Gasteiger partial charge >= 0.3 is 18.0 Å². The zero-order valence-electron chi connectivity index (χ0n) is 24.7. The van der Waals surface area contributed by atoms with Gasteiger partial charge in [-0.1, -0.05) is 26.0 Å². The number of nitrogens with zero attached hydrogens (tertiary/aromatic N) is 1. The van der Waals surface area contributed by atoms with E-state index in [1.165, 1.54) is 4.90 Å². The summed E-state index contributed by atoms with van der Waals surface area (Å²) in [7, 11) is -4.56. The number of carboxylic acid groups (broad SMARTS) is 1. The standard InChI is InChI=1S/C29H30F8N2O3S.CH2O2/c1-17-9-11-25(2,12-10-17)24(40)39-14-13-26(43(41,42)20-6-4-19(30)5-7-20)21-8-3-18(15-22(21)38-16-23(26)39)27(31,28(32,33)34)29(35,36)37;2-1-3/h3-8,15,17,23,38H,9-14,16H2,1-2H3;1H,(H,2,3). The number of sulfone groups is 1. The fraction of sp³-hybridized carbons (Fsp3) is 0.533. The van der Waals surface area contributed by atoms with Crippen LogP contribution in [-0.2, 0) is 29.8 Å². The largest absolute Gasteiger partial charge is 0.483 e. The lowest BCUT2D eigenvalue weighted by molar-refractivity contribution is -0.348. The first-order chi connectivity index (χ1) is 21.2. The van der Waals surface area contributed by atoms with Crippen molar-refractivity contribution in [3.05, 3.63) is 59.4 Å². The highest BCUT2D eigenvalue weighted by Crippen LogP contribution is 2.57. The van der Waals surface area contributed by atoms with E-state index in [9.17, 15) is 48.3 Å². The van der Waals surface area contributed by atoms with E-state index in [2.05, 4.69) is 12.2 Å². The molecule has 46 heavy (non-hydrogen) atoms. The normalized spacial score (nSPS) is 26.6. The van der Waals surface area contributed by atoms with Crippen LogP contribution in [0.2, 0.25) is 0 Å². The van der Waals surface area contributed by atoms with Gasteiger partial charge in [-0.25, -0.2) is 17.2 Å². The molecule has 2 aromatic carbocycles. The van der Waals surface area contributed by atoms with Gasteiger partial charge in [-0.3, -0.25) is 9.59 Å². The Hall–Kier alpha value is -3.43. The lowest BCUT2D eigenvalue weighted by atomic mass is 9.71. The van der Waals surface area contributed by atoms with E-state index in [0.29, 0.717) is 30.9 Å². The minimum atomic E-state index is -6.36. The molecule has 1 aliphatic carbocycles. The van der Waals surface area contributed by atoms with Gasteiger partial charge in [-0.15, -0.1) is 0 Å². The molecule has 0 bridgehead atoms. The molecule has 1 saturated carbocycles. The summed E-state index contributed by atoms with van der Waals surface area (Å²) in [5, 5.41) is 9.58. The lowest BCUT2D eigenvalue weighted by Crippen LogP contribution is -2.57. The summed E-state index contributed by atoms with van der Waals surface area (Å²) < 4.78 is 137. The highest BCUT2D eigenvalue weighted by molar-refractivity contribution is 7.92. The zero-order chi connectivity index (χ0) is 34.5. The topological polar surface area (TPSA) is 104 Å². The molecule has 3 aliphatic rings. The number of carbonyl (C=O) groups is 2. The summed E-state index contributed by atoms with van der Waals surface area (Å²) in [6, 6.07) is 4.13. The van der Waals surface area contributed by atoms with Crippen molar-refractivity contribution in [1.82, 2.24) is 4.90 Å². The summed E-state index contributed by atoms with van der Waals surface area (Å²) in [6.07, 6.45) is -10.3. The van der Waals surface area contributed by atoms with Gasteiger partial charge in [-0.2, -0.15) is 26.3 Å². The molecule has 2 unspecified atom stereocenters. The van der Waals surface area contributed by atoms with Gasteiger partial charge in [0.1, 0.15) is 10.6 Å². The van der Waals surface area contributed by atoms with Crippen molar-refractivity contribution in [1.29, 1.82) is 0 Å². The number of likely N-dealkylation sites (tertiary alicyclic amines) is 1. The number of fused-ring (bicyclic) bond motifs is 3. The van der Waals surface area contributed by atoms with E-state index in [1.807, 2.05) is 0 Å². The van der Waals surface area contributed by atoms with Crippen molar-refractivity contribution in [2.75, 3.05) is 18.4 Å². The van der Waals surface area contributed by atoms with E-state index in [1.54, 1.807) is 6.92 Å². The van der Waals surface area contributed by atoms with E-state index in [0.717, 1.165) is 43.2 Å². The van der Waals surface area contributed by atoms with Gasteiger partial charge in [-0.05, 0) is 73.9 Å². The number of hydrogen-bond donors (Lipinski definition) is 2. The number of nitrogens with one attached hydrogen (secondary N) is 1. The molecule has 2 aliphatic heterocycles. The Bertz CT molecular complexity index is 1560. The zero-order valence-corrected chi connectivity index (χ0v) is 25.5. The quantitative estimate of drug-likeness (QED) is 0.211. The number of hydrogen-bond acceptors (Lipinski definition) is 5. The van der Waals surface area contributed by atoms with Crippen LogP contribution in [0.5, 0.6) is 0 Å². The van der Waals surface area contributed by atoms with Crippen LogP contribution in [0.4, 0.5) is 40.8 Å². The van der Waals surface area contributed by atoms with Crippen molar-refractivity contribution < 1.29 is 58.2 Å². The summed E-state index contributed by atoms with van der Waals surface area (Å²) in [5.41, 5.74) is -8.90. The minimum Gasteiger partial charge on any atom is -0.483 e. The maximum atomic E-state index is 15.0. The Morgan fingerprint density at radius 3 is 2.04 bits per heavy atom. The molecular formula is C30H32F8N2O5S. The Balaban J connectivity index is 0.00000154. The number of carbonyl (C=O) groups excluding carboxylic acids is 1. The fourth-order valence-electron chi connectivity index (χ4n) is 6.90. The molecular weight excluding hydrogens is 652 g/mol. The smallest absolute Gasteiger partial charge is 0.435 e. The molecule has 2 heterocycles. The number of rotatable bonds is 4. The molecule has 16 heteroatoms. The second-order valence-electron chi connectivity index (χ2n) is 12.3. The maximum absolute atomic E-state index is 15.0. The molecule has 0 aromatic heterocycles. The number of anilines is 1. The van der Waals surface area contributed by atoms with Crippen LogP contribution < -0.4 is 5.32 Å². The highest BCUT2D eigenvalue weighted by Gasteiger charge is 2.74. The van der Waals surface area contributed by atoms with E-state index in [4.69, 9.17) is 9.90 Å². The molecule has 1 amide bonds. The summed E-state index contributed by atoms with van der Waals surface area (Å²) in [5.74, 6) is -0.616. The van der Waals surface area contributed by atoms with Gasteiger partial charge in [0.25, 0.3) is 6.47 Å². The van der Waals surface area contributed by atoms with Gasteiger partial charge in [0, 0.05) is 29.8 Å². The van der Waals surface area contributed by atoms with Crippen molar-refractivity contribution in [2.24, 2.45) is 11.3 Å². The Kier molecular flexibility index (Phi) is 9.23. The third kappa shape index (κ3) is 5.49. The van der Waals surface area contributed by atoms with E-state index >= 15 is 0 Å². The van der Waals surface area contributed by atoms with Crippen molar-refractivity contribution in [3.8, 4) is 0 Å². The third-order valence-corrected chi connectivity index (χ3v) is 12.1. The highest BCUT2D eigenvalue weighted by atomic mass is 32.2. The molecule has 2 N–H and O–H groups in total. The Morgan fingerprint density at radius 1 is 0.978 bits per heavy atom. The molecule has 2 atom stereocenters. The molecule has 2 aromatic rings. The van der Waals surface area contributed by atoms with Crippen LogP contribution in [0.15, 0.2) is 47.4 Å². The van der Waals surface area contributed by atoms with E-state index < -0.39 is 61.1 Å². The van der Waals surface area contributed by atoms with Crippen LogP contribution in [0, 0.1) is 17.2 Å². The first kappa shape index (κ1) is 35.4. The van der Waals surface area contributed by atoms with Crippen molar-refractivity contribution in [3.63, 3.8) is 0 Å². The number of benzene rings is 2. The monoisotopic (exact) mass is 684 g/mol. The van der Waals surface area contributed by atoms with Gasteiger partial charge in [0.2, 0.25) is 5.91 Å². The van der Waals surface area contributed by atoms with Crippen molar-refractivity contribution >= 4 is 27.9 Å². The molecule has 0 radical (unpaired) electrons. The summed E-state index contributed by atoms with van der Waals surface area (Å²) >= 11 is 0. The van der Waals surface area contributed by atoms with Crippen LogP contribution >= 0.6 is 0 Å². The van der Waals surface area contributed by atoms with Crippen LogP contribution in [0.25, 0.3) is 0 Å². The molecule has 7 nitrogen and oxygen atoms in total. The Morgan fingerprint density at radius 2 is 1.52 bits per heavy atom. The van der Waals surface area contributed by atoms with Gasteiger partial charge in [0.15, 0.2) is 9.84 Å². The minimum absolute atomic E-state index is 0.0594. The first-order valence-corrected chi connectivity index (χ1v) is 15.8. The maximum Gasteiger partial charge on any atom is 0.435 e. The molecule has 5 rings (SSSR count). The van der Waals surface area contributed by atoms with E-state index in [-0.39, 0.29) is 42.3 Å². The lowest BCUT2D eigenvalue weighted by Gasteiger charge is -2.45. The second kappa shape index (κ2) is 12.0. The molecule has 1 saturated heterocycles.